The van der Waals surface area contributed by atoms with Gasteiger partial charge in [0.05, 0.1) is 25.8 Å². The van der Waals surface area contributed by atoms with Crippen molar-refractivity contribution in [1.29, 1.82) is 0 Å². The number of nitrogens with one attached hydrogen (secondary N) is 2. The quantitative estimate of drug-likeness (QED) is 0.600. The summed E-state index contributed by atoms with van der Waals surface area (Å²) in [6.07, 6.45) is 0.940. The van der Waals surface area contributed by atoms with E-state index in [2.05, 4.69) is 10.6 Å². The fraction of sp³-hybridized carbons (Fsp3) is 0.391. The summed E-state index contributed by atoms with van der Waals surface area (Å²) in [5.41, 5.74) is 1.20. The maximum atomic E-state index is 13.0. The summed E-state index contributed by atoms with van der Waals surface area (Å²) in [5, 5.41) is 6.01. The molecule has 0 aromatic heterocycles. The van der Waals surface area contributed by atoms with Gasteiger partial charge in [0, 0.05) is 0 Å². The van der Waals surface area contributed by atoms with Crippen molar-refractivity contribution in [1.82, 2.24) is 10.6 Å². The fourth-order valence-corrected chi connectivity index (χ4v) is 3.27. The molecule has 6 nitrogen and oxygen atoms in total. The molecule has 3 atom stereocenters. The van der Waals surface area contributed by atoms with E-state index >= 15 is 0 Å². The first-order chi connectivity index (χ1) is 13.9. The number of carbonyl (C=O) groups excluding carboxylic acids is 2. The van der Waals surface area contributed by atoms with Gasteiger partial charge in [0.25, 0.3) is 0 Å². The van der Waals surface area contributed by atoms with Gasteiger partial charge in [-0.15, -0.1) is 0 Å². The van der Waals surface area contributed by atoms with Crippen molar-refractivity contribution in [3.05, 3.63) is 65.7 Å². The molecule has 2 aromatic rings. The van der Waals surface area contributed by atoms with Gasteiger partial charge in [0.1, 0.15) is 11.4 Å². The first kappa shape index (κ1) is 21.0. The second-order valence-electron chi connectivity index (χ2n) is 7.53. The number of likely N-dealkylation sites (N-methyl/N-ethyl adjacent to an activating group) is 1. The lowest BCUT2D eigenvalue weighted by Crippen LogP contribution is -2.53. The van der Waals surface area contributed by atoms with E-state index in [0.29, 0.717) is 19.4 Å². The molecule has 2 N–H and O–H groups in total. The van der Waals surface area contributed by atoms with Crippen molar-refractivity contribution in [3.63, 3.8) is 0 Å². The van der Waals surface area contributed by atoms with Crippen molar-refractivity contribution in [2.75, 3.05) is 20.8 Å². The van der Waals surface area contributed by atoms with Gasteiger partial charge in [0.2, 0.25) is 5.91 Å². The van der Waals surface area contributed by atoms with Crippen LogP contribution in [-0.2, 0) is 27.2 Å². The number of hydrogen-bond acceptors (Lipinski definition) is 5. The van der Waals surface area contributed by atoms with E-state index in [9.17, 15) is 9.59 Å². The minimum atomic E-state index is -0.794. The second-order valence-corrected chi connectivity index (χ2v) is 7.53. The minimum Gasteiger partial charge on any atom is -0.497 e. The number of amides is 1. The zero-order valence-corrected chi connectivity index (χ0v) is 17.1. The Labute approximate surface area is 171 Å². The second kappa shape index (κ2) is 9.20. The summed E-state index contributed by atoms with van der Waals surface area (Å²) < 4.78 is 10.5. The van der Waals surface area contributed by atoms with Crippen LogP contribution in [0, 0.1) is 0 Å². The Balaban J connectivity index is 1.70. The third-order valence-electron chi connectivity index (χ3n) is 5.28. The number of carbonyl (C=O) groups is 2. The maximum Gasteiger partial charge on any atom is 0.238 e. The molecule has 1 saturated heterocycles. The average molecular weight is 396 g/mol. The van der Waals surface area contributed by atoms with Crippen LogP contribution in [0.5, 0.6) is 5.75 Å². The van der Waals surface area contributed by atoms with Gasteiger partial charge in [-0.3, -0.25) is 9.59 Å². The Morgan fingerprint density at radius 3 is 2.17 bits per heavy atom. The molecule has 0 aliphatic carbocycles. The number of methoxy groups -OCH3 is 1. The zero-order valence-electron chi connectivity index (χ0n) is 17.1. The van der Waals surface area contributed by atoms with Crippen molar-refractivity contribution in [2.45, 2.75) is 37.5 Å². The molecule has 1 amide bonds. The molecule has 29 heavy (non-hydrogen) atoms. The smallest absolute Gasteiger partial charge is 0.238 e. The van der Waals surface area contributed by atoms with Crippen LogP contribution in [0.2, 0.25) is 0 Å². The lowest BCUT2D eigenvalue weighted by Gasteiger charge is -2.23. The van der Waals surface area contributed by atoms with Gasteiger partial charge in [0.15, 0.2) is 5.78 Å². The molecule has 3 unspecified atom stereocenters. The monoisotopic (exact) mass is 396 g/mol. The van der Waals surface area contributed by atoms with Gasteiger partial charge in [-0.25, -0.2) is 0 Å². The van der Waals surface area contributed by atoms with E-state index in [1.165, 1.54) is 0 Å². The summed E-state index contributed by atoms with van der Waals surface area (Å²) in [4.78, 5) is 25.9. The summed E-state index contributed by atoms with van der Waals surface area (Å²) >= 11 is 0. The molecule has 1 heterocycles. The van der Waals surface area contributed by atoms with Crippen LogP contribution in [0.15, 0.2) is 54.6 Å². The Hall–Kier alpha value is -2.70. The van der Waals surface area contributed by atoms with Gasteiger partial charge in [-0.2, -0.15) is 0 Å². The van der Waals surface area contributed by atoms with Crippen LogP contribution in [0.3, 0.4) is 0 Å². The molecular weight excluding hydrogens is 368 g/mol. The largest absolute Gasteiger partial charge is 0.497 e. The number of rotatable bonds is 10. The van der Waals surface area contributed by atoms with E-state index in [0.717, 1.165) is 16.9 Å². The Bertz CT molecular complexity index is 832. The minimum absolute atomic E-state index is 0.0889. The average Bonchev–Trinajstić information content (AvgIpc) is 3.50. The molecular formula is C23H28N2O4. The highest BCUT2D eigenvalue weighted by atomic mass is 16.6. The Morgan fingerprint density at radius 1 is 1.03 bits per heavy atom. The van der Waals surface area contributed by atoms with Crippen molar-refractivity contribution in [2.24, 2.45) is 0 Å². The molecule has 0 saturated carbocycles. The molecule has 154 valence electrons. The van der Waals surface area contributed by atoms with E-state index < -0.39 is 17.7 Å². The molecule has 6 heteroatoms. The van der Waals surface area contributed by atoms with Gasteiger partial charge < -0.3 is 20.1 Å². The van der Waals surface area contributed by atoms with E-state index in [-0.39, 0.29) is 11.7 Å². The van der Waals surface area contributed by atoms with Crippen LogP contribution < -0.4 is 15.4 Å². The van der Waals surface area contributed by atoms with E-state index in [4.69, 9.17) is 9.47 Å². The summed E-state index contributed by atoms with van der Waals surface area (Å²) in [7, 11) is 3.36. The maximum absolute atomic E-state index is 13.0. The third-order valence-corrected chi connectivity index (χ3v) is 5.28. The lowest BCUT2D eigenvalue weighted by molar-refractivity contribution is -0.131. The van der Waals surface area contributed by atoms with E-state index in [1.54, 1.807) is 21.1 Å². The standard InChI is InChI=1S/C23H28N2O4/c1-23(15-29-23)21(26)19(13-16-7-5-4-6-8-16)25-22(27)20(24-2)14-17-9-11-18(28-3)12-10-17/h4-12,19-20,24H,13-15H2,1-3H3,(H,25,27). The van der Waals surface area contributed by atoms with Gasteiger partial charge >= 0.3 is 0 Å². The summed E-state index contributed by atoms with van der Waals surface area (Å²) in [6.45, 7) is 2.17. The molecule has 1 fully saturated rings. The summed E-state index contributed by atoms with van der Waals surface area (Å²) in [6, 6.07) is 16.2. The van der Waals surface area contributed by atoms with Crippen molar-refractivity contribution >= 4 is 11.7 Å². The third kappa shape index (κ3) is 5.43. The topological polar surface area (TPSA) is 80.0 Å². The molecule has 0 bridgehead atoms. The van der Waals surface area contributed by atoms with Gasteiger partial charge in [-0.05, 0) is 50.1 Å². The molecule has 3 rings (SSSR count). The SMILES string of the molecule is CNC(Cc1ccc(OC)cc1)C(=O)NC(Cc1ccccc1)C(=O)C1(C)CO1. The highest BCUT2D eigenvalue weighted by molar-refractivity contribution is 5.97. The molecule has 2 aromatic carbocycles. The number of ketones is 1. The molecule has 0 radical (unpaired) electrons. The van der Waals surface area contributed by atoms with Crippen LogP contribution in [-0.4, -0.2) is 50.1 Å². The van der Waals surface area contributed by atoms with E-state index in [1.807, 2.05) is 54.6 Å². The first-order valence-corrected chi connectivity index (χ1v) is 9.78. The number of ether oxygens (including phenoxy) is 2. The number of Topliss-reactive ketones (excluding diaryl/α,β-unsaturated/α-hetero) is 1. The highest BCUT2D eigenvalue weighted by Gasteiger charge is 2.50. The summed E-state index contributed by atoms with van der Waals surface area (Å²) in [5.74, 6) is 0.473. The van der Waals surface area contributed by atoms with Crippen molar-refractivity contribution in [3.8, 4) is 5.75 Å². The fourth-order valence-electron chi connectivity index (χ4n) is 3.27. The van der Waals surface area contributed by atoms with Crippen LogP contribution >= 0.6 is 0 Å². The Kier molecular flexibility index (Phi) is 6.67. The normalized spacial score (nSPS) is 19.8. The molecule has 1 aliphatic rings. The van der Waals surface area contributed by atoms with Crippen LogP contribution in [0.4, 0.5) is 0 Å². The molecule has 1 aliphatic heterocycles. The number of epoxide rings is 1. The predicted octanol–water partition coefficient (Wildman–Crippen LogP) is 1.91. The first-order valence-electron chi connectivity index (χ1n) is 9.78. The lowest BCUT2D eigenvalue weighted by atomic mass is 9.94. The Morgan fingerprint density at radius 2 is 1.62 bits per heavy atom. The van der Waals surface area contributed by atoms with Crippen molar-refractivity contribution < 1.29 is 19.1 Å². The van der Waals surface area contributed by atoms with Crippen LogP contribution in [0.25, 0.3) is 0 Å². The number of benzene rings is 2. The predicted molar refractivity (Wildman–Crippen MR) is 111 cm³/mol. The molecule has 0 spiro atoms. The van der Waals surface area contributed by atoms with Gasteiger partial charge in [-0.1, -0.05) is 42.5 Å². The zero-order chi connectivity index (χ0) is 20.9. The number of hydrogen-bond donors (Lipinski definition) is 2. The van der Waals surface area contributed by atoms with Crippen LogP contribution in [0.1, 0.15) is 18.1 Å². The highest BCUT2D eigenvalue weighted by Crippen LogP contribution is 2.29.